The van der Waals surface area contributed by atoms with E-state index in [2.05, 4.69) is 37.2 Å². The van der Waals surface area contributed by atoms with E-state index in [0.29, 0.717) is 19.3 Å². The maximum atomic E-state index is 14.3. The molecule has 11 atom stereocenters. The minimum Gasteiger partial charge on any atom is -0.480 e. The van der Waals surface area contributed by atoms with Crippen LogP contribution < -0.4 is 48.7 Å². The number of nitrogens with zero attached hydrogens (tertiary/aromatic N) is 2. The SMILES string of the molecule is CC[C@H](C)[C@H](NC(=O)[C@@H](NC(=O)[C@@H](N)C(C)C)C(C)C)C(=O)N[C@@H](CCC(N)=O)C(=O)N1CCC[C@H]1C(=O)N[C@@H](CO)C(=O)N1CCC[C@H]1C(=O)N[C@H](C(=O)N[C@H](C(=O)N[C@H](C(=O)O)C(C)C)C(C)C)C(C)C. The van der Waals surface area contributed by atoms with Crippen LogP contribution in [0.3, 0.4) is 0 Å². The van der Waals surface area contributed by atoms with Gasteiger partial charge in [0.2, 0.25) is 59.1 Å². The van der Waals surface area contributed by atoms with Crippen molar-refractivity contribution in [2.75, 3.05) is 19.7 Å². The van der Waals surface area contributed by atoms with Gasteiger partial charge in [0, 0.05) is 19.5 Å². The Labute approximate surface area is 429 Å². The van der Waals surface area contributed by atoms with E-state index in [1.165, 1.54) is 9.80 Å². The molecule has 0 spiro atoms. The second kappa shape index (κ2) is 29.1. The highest BCUT2D eigenvalue weighted by molar-refractivity contribution is 5.99. The Hall–Kier alpha value is -5.91. The molecule has 0 unspecified atom stereocenters. The first kappa shape index (κ1) is 63.2. The lowest BCUT2D eigenvalue weighted by Gasteiger charge is -2.33. The van der Waals surface area contributed by atoms with Crippen LogP contribution in [0.1, 0.15) is 128 Å². The van der Waals surface area contributed by atoms with Crippen molar-refractivity contribution in [3.63, 3.8) is 0 Å². The van der Waals surface area contributed by atoms with Crippen LogP contribution in [0.25, 0.3) is 0 Å². The molecule has 2 heterocycles. The Kier molecular flexibility index (Phi) is 25.2. The number of primary amides is 1. The first-order valence-electron chi connectivity index (χ1n) is 25.6. The number of carbonyl (C=O) groups excluding carboxylic acids is 10. The van der Waals surface area contributed by atoms with Crippen molar-refractivity contribution in [1.82, 2.24) is 47.0 Å². The van der Waals surface area contributed by atoms with Gasteiger partial charge in [-0.1, -0.05) is 89.5 Å². The van der Waals surface area contributed by atoms with Gasteiger partial charge in [0.05, 0.1) is 12.6 Å². The number of nitrogens with one attached hydrogen (secondary N) is 7. The second-order valence-corrected chi connectivity index (χ2v) is 21.1. The normalized spacial score (nSPS) is 19.5. The lowest BCUT2D eigenvalue weighted by molar-refractivity contribution is -0.145. The molecule has 2 saturated heterocycles. The highest BCUT2D eigenvalue weighted by Gasteiger charge is 2.44. The van der Waals surface area contributed by atoms with Gasteiger partial charge < -0.3 is 68.7 Å². The van der Waals surface area contributed by atoms with Crippen LogP contribution in [-0.2, 0) is 52.7 Å². The van der Waals surface area contributed by atoms with Crippen LogP contribution in [-0.4, -0.2) is 165 Å². The molecule has 0 aliphatic carbocycles. The van der Waals surface area contributed by atoms with Crippen molar-refractivity contribution in [1.29, 1.82) is 0 Å². The smallest absolute Gasteiger partial charge is 0.326 e. The van der Waals surface area contributed by atoms with E-state index in [9.17, 15) is 63.0 Å². The molecule has 2 aliphatic rings. The number of hydrogen-bond donors (Lipinski definition) is 11. The molecular weight excluding hydrogens is 951 g/mol. The van der Waals surface area contributed by atoms with E-state index < -0.39 is 162 Å². The molecule has 2 fully saturated rings. The topological polar surface area (TPSA) is 371 Å². The Bertz CT molecular complexity index is 1980. The van der Waals surface area contributed by atoms with E-state index in [4.69, 9.17) is 11.5 Å². The van der Waals surface area contributed by atoms with E-state index >= 15 is 0 Å². The molecule has 0 radical (unpaired) electrons. The monoisotopic (exact) mass is 1040 g/mol. The summed E-state index contributed by atoms with van der Waals surface area (Å²) in [6.45, 7) is 19.6. The molecule has 0 aromatic carbocycles. The van der Waals surface area contributed by atoms with Crippen LogP contribution in [0, 0.1) is 35.5 Å². The maximum Gasteiger partial charge on any atom is 0.326 e. The lowest BCUT2D eigenvalue weighted by Crippen LogP contribution is -2.62. The van der Waals surface area contributed by atoms with Crippen molar-refractivity contribution in [2.24, 2.45) is 47.0 Å². The number of carbonyl (C=O) groups is 11. The summed E-state index contributed by atoms with van der Waals surface area (Å²) in [7, 11) is 0. The summed E-state index contributed by atoms with van der Waals surface area (Å²) < 4.78 is 0. The molecule has 13 N–H and O–H groups in total. The molecule has 2 rings (SSSR count). The van der Waals surface area contributed by atoms with Crippen LogP contribution in [0.5, 0.6) is 0 Å². The quantitative estimate of drug-likeness (QED) is 0.0419. The highest BCUT2D eigenvalue weighted by Crippen LogP contribution is 2.23. The Morgan fingerprint density at radius 2 is 0.904 bits per heavy atom. The minimum absolute atomic E-state index is 0.0414. The Balaban J connectivity index is 2.29. The largest absolute Gasteiger partial charge is 0.480 e. The molecule has 414 valence electrons. The molecule has 0 aromatic rings. The minimum atomic E-state index is -1.57. The zero-order valence-electron chi connectivity index (χ0n) is 44.7. The molecule has 10 amide bonds. The average molecular weight is 1040 g/mol. The van der Waals surface area contributed by atoms with Gasteiger partial charge >= 0.3 is 5.97 Å². The number of nitrogens with two attached hydrogens (primary N) is 2. The maximum absolute atomic E-state index is 14.3. The van der Waals surface area contributed by atoms with Crippen LogP contribution >= 0.6 is 0 Å². The average Bonchev–Trinajstić information content (AvgIpc) is 4.02. The van der Waals surface area contributed by atoms with Gasteiger partial charge in [0.25, 0.3) is 0 Å². The van der Waals surface area contributed by atoms with E-state index in [-0.39, 0.29) is 44.7 Å². The van der Waals surface area contributed by atoms with Gasteiger partial charge in [-0.05, 0) is 67.6 Å². The second-order valence-electron chi connectivity index (χ2n) is 21.1. The summed E-state index contributed by atoms with van der Waals surface area (Å²) in [5.74, 6) is -11.1. The number of hydrogen-bond acceptors (Lipinski definition) is 13. The molecule has 24 nitrogen and oxygen atoms in total. The lowest BCUT2D eigenvalue weighted by atomic mass is 9.95. The first-order valence-corrected chi connectivity index (χ1v) is 25.6. The Morgan fingerprint density at radius 1 is 0.521 bits per heavy atom. The molecule has 0 aromatic heterocycles. The Morgan fingerprint density at radius 3 is 1.30 bits per heavy atom. The summed E-state index contributed by atoms with van der Waals surface area (Å²) in [5.41, 5.74) is 11.5. The van der Waals surface area contributed by atoms with Gasteiger partial charge in [-0.2, -0.15) is 0 Å². The van der Waals surface area contributed by atoms with Crippen molar-refractivity contribution in [2.45, 2.75) is 188 Å². The molecule has 24 heteroatoms. The predicted octanol–water partition coefficient (Wildman–Crippen LogP) is -1.64. The van der Waals surface area contributed by atoms with Crippen molar-refractivity contribution < 1.29 is 63.0 Å². The number of rotatable bonds is 28. The molecule has 0 saturated carbocycles. The van der Waals surface area contributed by atoms with Gasteiger partial charge in [-0.25, -0.2) is 4.79 Å². The summed E-state index contributed by atoms with van der Waals surface area (Å²) in [5, 5.41) is 38.4. The third-order valence-corrected chi connectivity index (χ3v) is 13.6. The molecule has 0 bridgehead atoms. The number of amides is 10. The first-order chi connectivity index (χ1) is 34.0. The predicted molar refractivity (Wildman–Crippen MR) is 268 cm³/mol. The molecular formula is C49H85N11O13. The number of aliphatic hydroxyl groups is 1. The third kappa shape index (κ3) is 17.9. The zero-order valence-corrected chi connectivity index (χ0v) is 44.7. The fraction of sp³-hybridized carbons (Fsp3) is 0.776. The van der Waals surface area contributed by atoms with Gasteiger partial charge in [0.1, 0.15) is 54.4 Å². The highest BCUT2D eigenvalue weighted by atomic mass is 16.4. The van der Waals surface area contributed by atoms with Gasteiger partial charge in [-0.15, -0.1) is 0 Å². The van der Waals surface area contributed by atoms with Gasteiger partial charge in [0.15, 0.2) is 0 Å². The van der Waals surface area contributed by atoms with Crippen molar-refractivity contribution in [3.05, 3.63) is 0 Å². The van der Waals surface area contributed by atoms with E-state index in [1.54, 1.807) is 83.1 Å². The van der Waals surface area contributed by atoms with Crippen LogP contribution in [0.15, 0.2) is 0 Å². The van der Waals surface area contributed by atoms with Crippen LogP contribution in [0.2, 0.25) is 0 Å². The summed E-state index contributed by atoms with van der Waals surface area (Å²) >= 11 is 0. The van der Waals surface area contributed by atoms with E-state index in [1.807, 2.05) is 0 Å². The van der Waals surface area contributed by atoms with E-state index in [0.717, 1.165) is 0 Å². The fourth-order valence-corrected chi connectivity index (χ4v) is 8.62. The fourth-order valence-electron chi connectivity index (χ4n) is 8.62. The third-order valence-electron chi connectivity index (χ3n) is 13.6. The standard InChI is InChI=1S/C49H85N11O13/c1-13-28(12)39(58-45(68)36(25(6)7)55-42(65)34(51)23(2)3)46(69)52-29(18-19-33(50)62)47(70)59-20-14-16-31(59)40(63)53-30(22-61)48(71)60-21-15-17-32(60)41(64)54-35(24(4)5)43(66)56-37(26(8)9)44(67)57-38(27(10)11)49(72)73/h23-32,34-39,61H,13-22,51H2,1-12H3,(H2,50,62)(H,52,69)(H,53,63)(H,54,64)(H,55,65)(H,56,66)(H,57,67)(H,58,68)(H,72,73)/t28-,29-,30-,31-,32-,34-,35-,36-,37-,38-,39-/m0/s1. The summed E-state index contributed by atoms with van der Waals surface area (Å²) in [4.78, 5) is 150. The molecule has 2 aliphatic heterocycles. The zero-order chi connectivity index (χ0) is 55.8. The van der Waals surface area contributed by atoms with Crippen molar-refractivity contribution in [3.8, 4) is 0 Å². The van der Waals surface area contributed by atoms with Crippen LogP contribution in [0.4, 0.5) is 0 Å². The van der Waals surface area contributed by atoms with Crippen molar-refractivity contribution >= 4 is 65.0 Å². The summed E-state index contributed by atoms with van der Waals surface area (Å²) in [6, 6.07) is -12.0. The van der Waals surface area contributed by atoms with Gasteiger partial charge in [-0.3, -0.25) is 47.9 Å². The summed E-state index contributed by atoms with van der Waals surface area (Å²) in [6.07, 6.45) is 0.789. The number of carboxylic acids is 1. The number of aliphatic hydroxyl groups excluding tert-OH is 1. The number of aliphatic carboxylic acids is 1. The number of carboxylic acid groups (broad SMARTS) is 1. The number of likely N-dealkylation sites (tertiary alicyclic amines) is 2. The molecule has 73 heavy (non-hydrogen) atoms.